The summed E-state index contributed by atoms with van der Waals surface area (Å²) in [5, 5.41) is 0. The number of imidazole rings is 1. The highest BCUT2D eigenvalue weighted by molar-refractivity contribution is 6.00. The molecule has 66 valence electrons. The van der Waals surface area contributed by atoms with Crippen molar-refractivity contribution in [3.8, 4) is 0 Å². The number of Topliss-reactive ketones (excluding diaryl/α,β-unsaturated/α-hetero) is 1. The Morgan fingerprint density at radius 2 is 2.25 bits per heavy atom. The van der Waals surface area contributed by atoms with Gasteiger partial charge in [-0.15, -0.1) is 0 Å². The molecule has 0 aromatic carbocycles. The van der Waals surface area contributed by atoms with Gasteiger partial charge in [0.15, 0.2) is 0 Å². The lowest BCUT2D eigenvalue weighted by atomic mass is 9.99. The maximum absolute atomic E-state index is 11.5. The lowest BCUT2D eigenvalue weighted by Gasteiger charge is -2.14. The number of hydrogen-bond donors (Lipinski definition) is 1. The summed E-state index contributed by atoms with van der Waals surface area (Å²) in [5.74, 6) is -0.136. The van der Waals surface area contributed by atoms with Crippen molar-refractivity contribution in [1.82, 2.24) is 9.55 Å². The Bertz CT molecular complexity index is 295. The van der Waals surface area contributed by atoms with Crippen LogP contribution in [-0.2, 0) is 7.05 Å². The van der Waals surface area contributed by atoms with Crippen LogP contribution in [0.25, 0.3) is 0 Å². The van der Waals surface area contributed by atoms with E-state index in [1.165, 1.54) is 0 Å². The van der Waals surface area contributed by atoms with E-state index >= 15 is 0 Å². The molecule has 12 heavy (non-hydrogen) atoms. The van der Waals surface area contributed by atoms with Crippen LogP contribution >= 0.6 is 0 Å². The Morgan fingerprint density at radius 1 is 1.67 bits per heavy atom. The number of aromatic nitrogens is 2. The zero-order valence-corrected chi connectivity index (χ0v) is 7.53. The van der Waals surface area contributed by atoms with Gasteiger partial charge < -0.3 is 10.3 Å². The predicted molar refractivity (Wildman–Crippen MR) is 45.8 cm³/mol. The molecule has 1 heterocycles. The summed E-state index contributed by atoms with van der Waals surface area (Å²) < 4.78 is 1.72. The quantitative estimate of drug-likeness (QED) is 0.646. The average molecular weight is 167 g/mol. The number of ketones is 1. The molecule has 0 saturated heterocycles. The van der Waals surface area contributed by atoms with E-state index in [-0.39, 0.29) is 5.78 Å². The molecule has 1 aromatic heterocycles. The maximum Gasteiger partial charge on any atom is 0.201 e. The van der Waals surface area contributed by atoms with E-state index in [9.17, 15) is 4.79 Å². The molecule has 4 nitrogen and oxygen atoms in total. The molecule has 0 radical (unpaired) electrons. The van der Waals surface area contributed by atoms with Gasteiger partial charge in [0.05, 0.1) is 11.9 Å². The van der Waals surface area contributed by atoms with Crippen LogP contribution in [0, 0.1) is 0 Å². The normalized spacial score (nSPS) is 11.7. The van der Waals surface area contributed by atoms with E-state index in [1.807, 2.05) is 7.05 Å². The molecule has 2 N–H and O–H groups in total. The zero-order valence-electron chi connectivity index (χ0n) is 7.53. The van der Waals surface area contributed by atoms with Crippen molar-refractivity contribution in [3.63, 3.8) is 0 Å². The highest BCUT2D eigenvalue weighted by atomic mass is 16.1. The van der Waals surface area contributed by atoms with Crippen LogP contribution in [-0.4, -0.2) is 20.9 Å². The van der Waals surface area contributed by atoms with Crippen molar-refractivity contribution >= 4 is 5.78 Å². The number of carbonyl (C=O) groups is 1. The maximum atomic E-state index is 11.5. The van der Waals surface area contributed by atoms with E-state index < -0.39 is 5.54 Å². The summed E-state index contributed by atoms with van der Waals surface area (Å²) in [7, 11) is 1.81. The molecule has 1 rings (SSSR count). The van der Waals surface area contributed by atoms with Crippen molar-refractivity contribution in [2.24, 2.45) is 12.8 Å². The summed E-state index contributed by atoms with van der Waals surface area (Å²) >= 11 is 0. The first-order valence-corrected chi connectivity index (χ1v) is 3.73. The standard InChI is InChI=1S/C8H13N3O/c1-8(2,9)7(12)6-4-11(3)5-10-6/h4-5H,9H2,1-3H3. The smallest absolute Gasteiger partial charge is 0.201 e. The van der Waals surface area contributed by atoms with Crippen molar-refractivity contribution in [3.05, 3.63) is 18.2 Å². The van der Waals surface area contributed by atoms with Gasteiger partial charge in [-0.05, 0) is 13.8 Å². The van der Waals surface area contributed by atoms with Gasteiger partial charge in [0, 0.05) is 13.2 Å². The van der Waals surface area contributed by atoms with E-state index in [0.29, 0.717) is 5.69 Å². The molecule has 0 bridgehead atoms. The Labute approximate surface area is 71.4 Å². The molecule has 0 aliphatic rings. The molecule has 0 saturated carbocycles. The fraction of sp³-hybridized carbons (Fsp3) is 0.500. The van der Waals surface area contributed by atoms with E-state index in [0.717, 1.165) is 0 Å². The fourth-order valence-corrected chi connectivity index (χ4v) is 0.860. The van der Waals surface area contributed by atoms with Crippen LogP contribution in [0.5, 0.6) is 0 Å². The van der Waals surface area contributed by atoms with E-state index in [1.54, 1.807) is 30.9 Å². The predicted octanol–water partition coefficient (Wildman–Crippen LogP) is 0.340. The molecular weight excluding hydrogens is 154 g/mol. The molecule has 0 spiro atoms. The third-order valence-electron chi connectivity index (χ3n) is 1.52. The van der Waals surface area contributed by atoms with Gasteiger partial charge in [-0.2, -0.15) is 0 Å². The van der Waals surface area contributed by atoms with Crippen LogP contribution in [0.1, 0.15) is 24.3 Å². The topological polar surface area (TPSA) is 60.9 Å². The molecule has 0 aliphatic carbocycles. The van der Waals surface area contributed by atoms with Gasteiger partial charge in [0.2, 0.25) is 5.78 Å². The van der Waals surface area contributed by atoms with Crippen LogP contribution < -0.4 is 5.73 Å². The number of rotatable bonds is 2. The van der Waals surface area contributed by atoms with Crippen LogP contribution in [0.3, 0.4) is 0 Å². The summed E-state index contributed by atoms with van der Waals surface area (Å²) in [5.41, 5.74) is 5.20. The zero-order chi connectivity index (χ0) is 9.35. The van der Waals surface area contributed by atoms with E-state index in [4.69, 9.17) is 5.73 Å². The highest BCUT2D eigenvalue weighted by Gasteiger charge is 2.24. The summed E-state index contributed by atoms with van der Waals surface area (Å²) in [4.78, 5) is 15.4. The lowest BCUT2D eigenvalue weighted by molar-refractivity contribution is 0.0909. The molecular formula is C8H13N3O. The minimum absolute atomic E-state index is 0.136. The summed E-state index contributed by atoms with van der Waals surface area (Å²) in [6, 6.07) is 0. The molecule has 0 fully saturated rings. The Balaban J connectivity index is 2.93. The highest BCUT2D eigenvalue weighted by Crippen LogP contribution is 2.07. The van der Waals surface area contributed by atoms with Gasteiger partial charge >= 0.3 is 0 Å². The Kier molecular flexibility index (Phi) is 2.02. The molecule has 0 unspecified atom stereocenters. The number of carbonyl (C=O) groups excluding carboxylic acids is 1. The third-order valence-corrected chi connectivity index (χ3v) is 1.52. The van der Waals surface area contributed by atoms with Crippen molar-refractivity contribution < 1.29 is 4.79 Å². The first-order valence-electron chi connectivity index (χ1n) is 3.73. The van der Waals surface area contributed by atoms with Gasteiger partial charge in [-0.1, -0.05) is 0 Å². The number of nitrogens with two attached hydrogens (primary N) is 1. The SMILES string of the molecule is Cn1cnc(C(=O)C(C)(C)N)c1. The Morgan fingerprint density at radius 3 is 2.58 bits per heavy atom. The number of nitrogens with zero attached hydrogens (tertiary/aromatic N) is 2. The largest absolute Gasteiger partial charge is 0.340 e. The number of hydrogen-bond acceptors (Lipinski definition) is 3. The minimum atomic E-state index is -0.839. The molecule has 0 amide bonds. The van der Waals surface area contributed by atoms with Gasteiger partial charge in [-0.3, -0.25) is 4.79 Å². The van der Waals surface area contributed by atoms with Gasteiger partial charge in [-0.25, -0.2) is 4.98 Å². The molecule has 0 aliphatic heterocycles. The second-order valence-corrected chi connectivity index (χ2v) is 3.48. The molecule has 4 heteroatoms. The summed E-state index contributed by atoms with van der Waals surface area (Å²) in [6.07, 6.45) is 3.25. The van der Waals surface area contributed by atoms with Gasteiger partial charge in [0.25, 0.3) is 0 Å². The van der Waals surface area contributed by atoms with Crippen molar-refractivity contribution in [2.75, 3.05) is 0 Å². The average Bonchev–Trinajstić information content (AvgIpc) is 2.32. The van der Waals surface area contributed by atoms with Crippen LogP contribution in [0.4, 0.5) is 0 Å². The lowest BCUT2D eigenvalue weighted by Crippen LogP contribution is -2.41. The third kappa shape index (κ3) is 1.71. The summed E-state index contributed by atoms with van der Waals surface area (Å²) in [6.45, 7) is 3.34. The van der Waals surface area contributed by atoms with Crippen LogP contribution in [0.15, 0.2) is 12.5 Å². The first kappa shape index (κ1) is 8.93. The second kappa shape index (κ2) is 2.71. The van der Waals surface area contributed by atoms with Crippen molar-refractivity contribution in [1.29, 1.82) is 0 Å². The monoisotopic (exact) mass is 167 g/mol. The second-order valence-electron chi connectivity index (χ2n) is 3.48. The van der Waals surface area contributed by atoms with Gasteiger partial charge in [0.1, 0.15) is 5.69 Å². The minimum Gasteiger partial charge on any atom is -0.340 e. The van der Waals surface area contributed by atoms with Crippen molar-refractivity contribution in [2.45, 2.75) is 19.4 Å². The van der Waals surface area contributed by atoms with Crippen LogP contribution in [0.2, 0.25) is 0 Å². The molecule has 0 atom stereocenters. The first-order chi connectivity index (χ1) is 5.41. The van der Waals surface area contributed by atoms with E-state index in [2.05, 4.69) is 4.98 Å². The number of aryl methyl sites for hydroxylation is 1. The Hall–Kier alpha value is -1.16. The fourth-order valence-electron chi connectivity index (χ4n) is 0.860. The molecule has 1 aromatic rings.